The van der Waals surface area contributed by atoms with Crippen LogP contribution in [0.15, 0.2) is 24.3 Å². The fourth-order valence-corrected chi connectivity index (χ4v) is 2.29. The second-order valence-electron chi connectivity index (χ2n) is 6.16. The molecule has 128 valence electrons. The lowest BCUT2D eigenvalue weighted by Gasteiger charge is -2.20. The SMILES string of the molecule is CCOC(=O)N[C@@H](CNC(=O)Cc1ccc(C)cc1)CC(C)C. The van der Waals surface area contributed by atoms with E-state index in [-0.39, 0.29) is 11.9 Å². The topological polar surface area (TPSA) is 67.4 Å². The molecule has 1 atom stereocenters. The lowest BCUT2D eigenvalue weighted by molar-refractivity contribution is -0.120. The van der Waals surface area contributed by atoms with E-state index in [1.54, 1.807) is 6.92 Å². The maximum atomic E-state index is 12.0. The van der Waals surface area contributed by atoms with Gasteiger partial charge in [0.2, 0.25) is 5.91 Å². The predicted molar refractivity (Wildman–Crippen MR) is 91.3 cm³/mol. The maximum absolute atomic E-state index is 12.0. The summed E-state index contributed by atoms with van der Waals surface area (Å²) in [6, 6.07) is 7.77. The second kappa shape index (κ2) is 9.87. The van der Waals surface area contributed by atoms with Gasteiger partial charge in [-0.2, -0.15) is 0 Å². The molecular weight excluding hydrogens is 292 g/mol. The van der Waals surface area contributed by atoms with Gasteiger partial charge in [0.1, 0.15) is 0 Å². The molecule has 1 aromatic rings. The number of ether oxygens (including phenoxy) is 1. The van der Waals surface area contributed by atoms with E-state index in [9.17, 15) is 9.59 Å². The Balaban J connectivity index is 2.47. The fourth-order valence-electron chi connectivity index (χ4n) is 2.29. The lowest BCUT2D eigenvalue weighted by atomic mass is 10.0. The van der Waals surface area contributed by atoms with Crippen molar-refractivity contribution in [2.45, 2.75) is 46.6 Å². The molecule has 0 spiro atoms. The van der Waals surface area contributed by atoms with Crippen LogP contribution in [-0.2, 0) is 16.0 Å². The molecule has 0 heterocycles. The number of carbonyl (C=O) groups excluding carboxylic acids is 2. The number of hydrogen-bond donors (Lipinski definition) is 2. The molecule has 2 N–H and O–H groups in total. The molecule has 0 aliphatic carbocycles. The minimum Gasteiger partial charge on any atom is -0.450 e. The van der Waals surface area contributed by atoms with Crippen LogP contribution in [0.1, 0.15) is 38.3 Å². The van der Waals surface area contributed by atoms with Crippen LogP contribution in [0.5, 0.6) is 0 Å². The van der Waals surface area contributed by atoms with E-state index in [1.165, 1.54) is 5.56 Å². The van der Waals surface area contributed by atoms with Crippen molar-refractivity contribution in [2.75, 3.05) is 13.2 Å². The standard InChI is InChI=1S/C18H28N2O3/c1-5-23-18(22)20-16(10-13(2)3)12-19-17(21)11-15-8-6-14(4)7-9-15/h6-9,13,16H,5,10-12H2,1-4H3,(H,19,21)(H,20,22)/t16-/m1/s1. The minimum absolute atomic E-state index is 0.0479. The van der Waals surface area contributed by atoms with Gasteiger partial charge in [-0.05, 0) is 31.7 Å². The molecule has 0 fully saturated rings. The quantitative estimate of drug-likeness (QED) is 0.774. The highest BCUT2D eigenvalue weighted by Gasteiger charge is 2.15. The zero-order valence-electron chi connectivity index (χ0n) is 14.5. The van der Waals surface area contributed by atoms with Gasteiger partial charge < -0.3 is 15.4 Å². The Hall–Kier alpha value is -2.04. The largest absolute Gasteiger partial charge is 0.450 e. The molecule has 1 aromatic carbocycles. The van der Waals surface area contributed by atoms with E-state index in [0.29, 0.717) is 25.5 Å². The van der Waals surface area contributed by atoms with E-state index >= 15 is 0 Å². The first-order valence-electron chi connectivity index (χ1n) is 8.16. The lowest BCUT2D eigenvalue weighted by Crippen LogP contribution is -2.44. The van der Waals surface area contributed by atoms with Crippen molar-refractivity contribution < 1.29 is 14.3 Å². The van der Waals surface area contributed by atoms with Crippen LogP contribution in [0.2, 0.25) is 0 Å². The molecule has 5 nitrogen and oxygen atoms in total. The molecule has 1 rings (SSSR count). The van der Waals surface area contributed by atoms with Gasteiger partial charge in [0.25, 0.3) is 0 Å². The van der Waals surface area contributed by atoms with E-state index in [1.807, 2.05) is 31.2 Å². The Labute approximate surface area is 138 Å². The second-order valence-corrected chi connectivity index (χ2v) is 6.16. The Morgan fingerprint density at radius 3 is 2.39 bits per heavy atom. The number of benzene rings is 1. The van der Waals surface area contributed by atoms with Gasteiger partial charge in [0.15, 0.2) is 0 Å². The molecule has 0 saturated heterocycles. The highest BCUT2D eigenvalue weighted by molar-refractivity contribution is 5.78. The first kappa shape index (κ1) is 19.0. The molecule has 5 heteroatoms. The number of alkyl carbamates (subject to hydrolysis) is 1. The van der Waals surface area contributed by atoms with Gasteiger partial charge in [-0.3, -0.25) is 4.79 Å². The molecule has 0 bridgehead atoms. The zero-order chi connectivity index (χ0) is 17.2. The number of rotatable bonds is 8. The summed E-state index contributed by atoms with van der Waals surface area (Å²) < 4.78 is 4.90. The summed E-state index contributed by atoms with van der Waals surface area (Å²) in [5.41, 5.74) is 2.15. The van der Waals surface area contributed by atoms with Crippen molar-refractivity contribution in [3.05, 3.63) is 35.4 Å². The number of nitrogens with one attached hydrogen (secondary N) is 2. The molecule has 0 unspecified atom stereocenters. The molecule has 0 aliphatic rings. The highest BCUT2D eigenvalue weighted by atomic mass is 16.5. The summed E-state index contributed by atoms with van der Waals surface area (Å²) in [6.45, 7) is 8.67. The highest BCUT2D eigenvalue weighted by Crippen LogP contribution is 2.06. The van der Waals surface area contributed by atoms with Crippen LogP contribution in [0, 0.1) is 12.8 Å². The molecule has 23 heavy (non-hydrogen) atoms. The van der Waals surface area contributed by atoms with Crippen molar-refractivity contribution in [2.24, 2.45) is 5.92 Å². The van der Waals surface area contributed by atoms with Crippen LogP contribution in [0.3, 0.4) is 0 Å². The first-order valence-corrected chi connectivity index (χ1v) is 8.16. The predicted octanol–water partition coefficient (Wildman–Crippen LogP) is 2.81. The molecule has 0 radical (unpaired) electrons. The van der Waals surface area contributed by atoms with Crippen molar-refractivity contribution in [1.29, 1.82) is 0 Å². The van der Waals surface area contributed by atoms with E-state index in [0.717, 1.165) is 12.0 Å². The fraction of sp³-hybridized carbons (Fsp3) is 0.556. The number of hydrogen-bond acceptors (Lipinski definition) is 3. The molecule has 0 aromatic heterocycles. The summed E-state index contributed by atoms with van der Waals surface area (Å²) in [4.78, 5) is 23.6. The van der Waals surface area contributed by atoms with Crippen molar-refractivity contribution in [3.63, 3.8) is 0 Å². The van der Waals surface area contributed by atoms with E-state index in [2.05, 4.69) is 24.5 Å². The molecule has 0 saturated carbocycles. The molecule has 0 aliphatic heterocycles. The number of aryl methyl sites for hydroxylation is 1. The third kappa shape index (κ3) is 8.24. The van der Waals surface area contributed by atoms with Crippen LogP contribution in [0.25, 0.3) is 0 Å². The van der Waals surface area contributed by atoms with Crippen LogP contribution < -0.4 is 10.6 Å². The van der Waals surface area contributed by atoms with Gasteiger partial charge >= 0.3 is 6.09 Å². The van der Waals surface area contributed by atoms with Crippen LogP contribution in [0.4, 0.5) is 4.79 Å². The Morgan fingerprint density at radius 1 is 1.17 bits per heavy atom. The van der Waals surface area contributed by atoms with Crippen LogP contribution >= 0.6 is 0 Å². The number of amides is 2. The van der Waals surface area contributed by atoms with Gasteiger partial charge in [0.05, 0.1) is 13.0 Å². The van der Waals surface area contributed by atoms with Crippen molar-refractivity contribution in [1.82, 2.24) is 10.6 Å². The molecular formula is C18H28N2O3. The maximum Gasteiger partial charge on any atom is 0.407 e. The summed E-state index contributed by atoms with van der Waals surface area (Å²) in [5, 5.41) is 5.69. The Bertz CT molecular complexity index is 497. The third-order valence-corrected chi connectivity index (χ3v) is 3.38. The van der Waals surface area contributed by atoms with Crippen molar-refractivity contribution in [3.8, 4) is 0 Å². The average Bonchev–Trinajstić information content (AvgIpc) is 2.47. The first-order chi connectivity index (χ1) is 10.9. The summed E-state index contributed by atoms with van der Waals surface area (Å²) in [6.07, 6.45) is 0.684. The van der Waals surface area contributed by atoms with Crippen molar-refractivity contribution >= 4 is 12.0 Å². The normalized spacial score (nSPS) is 11.9. The minimum atomic E-state index is -0.439. The van der Waals surface area contributed by atoms with Crippen LogP contribution in [-0.4, -0.2) is 31.2 Å². The van der Waals surface area contributed by atoms with E-state index < -0.39 is 6.09 Å². The third-order valence-electron chi connectivity index (χ3n) is 3.38. The number of carbonyl (C=O) groups is 2. The zero-order valence-corrected chi connectivity index (χ0v) is 14.5. The summed E-state index contributed by atoms with van der Waals surface area (Å²) >= 11 is 0. The molecule has 2 amide bonds. The smallest absolute Gasteiger partial charge is 0.407 e. The van der Waals surface area contributed by atoms with Gasteiger partial charge in [-0.1, -0.05) is 43.7 Å². The van der Waals surface area contributed by atoms with E-state index in [4.69, 9.17) is 4.74 Å². The van der Waals surface area contributed by atoms with Gasteiger partial charge in [0, 0.05) is 12.6 Å². The Morgan fingerprint density at radius 2 is 1.83 bits per heavy atom. The Kier molecular flexibility index (Phi) is 8.16. The average molecular weight is 320 g/mol. The monoisotopic (exact) mass is 320 g/mol. The van der Waals surface area contributed by atoms with Gasteiger partial charge in [-0.15, -0.1) is 0 Å². The summed E-state index contributed by atoms with van der Waals surface area (Å²) in [5.74, 6) is 0.365. The summed E-state index contributed by atoms with van der Waals surface area (Å²) in [7, 11) is 0. The van der Waals surface area contributed by atoms with Gasteiger partial charge in [-0.25, -0.2) is 4.79 Å².